The van der Waals surface area contributed by atoms with Crippen LogP contribution in [0.2, 0.25) is 0 Å². The van der Waals surface area contributed by atoms with E-state index in [0.717, 1.165) is 0 Å². The lowest BCUT2D eigenvalue weighted by atomic mass is 9.94. The standard InChI is InChI=1S/C5H2Cl3NO6/c6-2(10)5(3(7)11,4(8)12)1-15-9(13)14/h1H2. The topological polar surface area (TPSA) is 104 Å². The van der Waals surface area contributed by atoms with Crippen LogP contribution in [0.15, 0.2) is 0 Å². The van der Waals surface area contributed by atoms with Crippen molar-refractivity contribution in [3.8, 4) is 0 Å². The maximum Gasteiger partial charge on any atom is 0.294 e. The third-order valence-electron chi connectivity index (χ3n) is 1.39. The summed E-state index contributed by atoms with van der Waals surface area (Å²) < 4.78 is 0. The fourth-order valence-corrected chi connectivity index (χ4v) is 1.38. The van der Waals surface area contributed by atoms with E-state index in [-0.39, 0.29) is 0 Å². The Kier molecular flexibility index (Phi) is 4.92. The van der Waals surface area contributed by atoms with Crippen LogP contribution in [0.25, 0.3) is 0 Å². The maximum atomic E-state index is 10.8. The largest absolute Gasteiger partial charge is 0.312 e. The van der Waals surface area contributed by atoms with E-state index < -0.39 is 32.8 Å². The molecule has 0 amide bonds. The molecule has 15 heavy (non-hydrogen) atoms. The summed E-state index contributed by atoms with van der Waals surface area (Å²) in [7, 11) is 0. The molecule has 0 aliphatic rings. The first-order chi connectivity index (χ1) is 6.75. The Balaban J connectivity index is 5.15. The predicted molar refractivity (Wildman–Crippen MR) is 48.0 cm³/mol. The summed E-state index contributed by atoms with van der Waals surface area (Å²) in [6.07, 6.45) is 0. The van der Waals surface area contributed by atoms with Gasteiger partial charge in [0, 0.05) is 0 Å². The van der Waals surface area contributed by atoms with Crippen molar-refractivity contribution in [3.63, 3.8) is 0 Å². The van der Waals surface area contributed by atoms with E-state index in [1.54, 1.807) is 0 Å². The van der Waals surface area contributed by atoms with Crippen molar-refractivity contribution in [3.05, 3.63) is 10.1 Å². The van der Waals surface area contributed by atoms with Crippen LogP contribution in [-0.2, 0) is 19.2 Å². The lowest BCUT2D eigenvalue weighted by molar-refractivity contribution is -0.759. The first kappa shape index (κ1) is 14.1. The molecule has 0 bridgehead atoms. The molecular weight excluding hydrogens is 276 g/mol. The molecule has 84 valence electrons. The average molecular weight is 278 g/mol. The Hall–Kier alpha value is -0.920. The van der Waals surface area contributed by atoms with Gasteiger partial charge in [0.05, 0.1) is 0 Å². The average Bonchev–Trinajstić information content (AvgIpc) is 2.02. The van der Waals surface area contributed by atoms with Crippen molar-refractivity contribution < 1.29 is 24.3 Å². The van der Waals surface area contributed by atoms with Gasteiger partial charge in [-0.3, -0.25) is 14.4 Å². The van der Waals surface area contributed by atoms with Gasteiger partial charge in [0.2, 0.25) is 21.1 Å². The molecule has 0 aromatic rings. The van der Waals surface area contributed by atoms with Gasteiger partial charge in [0.15, 0.2) is 0 Å². The molecular formula is C5H2Cl3NO6. The van der Waals surface area contributed by atoms with Gasteiger partial charge in [0.1, 0.15) is 6.61 Å². The summed E-state index contributed by atoms with van der Waals surface area (Å²) in [4.78, 5) is 46.0. The number of hydrogen-bond donors (Lipinski definition) is 0. The molecule has 0 spiro atoms. The van der Waals surface area contributed by atoms with Gasteiger partial charge in [-0.2, -0.15) is 0 Å². The van der Waals surface area contributed by atoms with Crippen molar-refractivity contribution >= 4 is 50.5 Å². The Morgan fingerprint density at radius 2 is 1.47 bits per heavy atom. The number of hydrogen-bond acceptors (Lipinski definition) is 6. The van der Waals surface area contributed by atoms with Crippen molar-refractivity contribution in [1.82, 2.24) is 0 Å². The highest BCUT2D eigenvalue weighted by Crippen LogP contribution is 2.28. The molecule has 0 saturated heterocycles. The summed E-state index contributed by atoms with van der Waals surface area (Å²) in [5.41, 5.74) is -2.75. The quantitative estimate of drug-likeness (QED) is 0.303. The third kappa shape index (κ3) is 3.01. The van der Waals surface area contributed by atoms with Crippen LogP contribution in [0.1, 0.15) is 0 Å². The highest BCUT2D eigenvalue weighted by molar-refractivity contribution is 6.83. The van der Waals surface area contributed by atoms with Gasteiger partial charge in [-0.25, -0.2) is 0 Å². The van der Waals surface area contributed by atoms with Crippen LogP contribution in [0, 0.1) is 15.5 Å². The minimum absolute atomic E-state index is 1.26. The van der Waals surface area contributed by atoms with Crippen LogP contribution >= 0.6 is 34.8 Å². The second-order valence-corrected chi connectivity index (χ2v) is 3.25. The molecule has 0 N–H and O–H groups in total. The van der Waals surface area contributed by atoms with E-state index >= 15 is 0 Å². The van der Waals surface area contributed by atoms with Gasteiger partial charge >= 0.3 is 0 Å². The van der Waals surface area contributed by atoms with Gasteiger partial charge in [-0.05, 0) is 34.8 Å². The normalized spacial score (nSPS) is 10.6. The molecule has 0 aliphatic heterocycles. The second-order valence-electron chi connectivity index (χ2n) is 2.22. The summed E-state index contributed by atoms with van der Waals surface area (Å²) in [6.45, 7) is -1.26. The van der Waals surface area contributed by atoms with Gasteiger partial charge in [-0.1, -0.05) is 0 Å². The van der Waals surface area contributed by atoms with E-state index in [9.17, 15) is 24.5 Å². The molecule has 0 aromatic heterocycles. The van der Waals surface area contributed by atoms with Crippen molar-refractivity contribution in [1.29, 1.82) is 0 Å². The first-order valence-electron chi connectivity index (χ1n) is 3.12. The monoisotopic (exact) mass is 277 g/mol. The number of nitrogens with zero attached hydrogens (tertiary/aromatic N) is 1. The minimum Gasteiger partial charge on any atom is -0.312 e. The van der Waals surface area contributed by atoms with Crippen molar-refractivity contribution in [2.24, 2.45) is 5.41 Å². The molecule has 0 saturated carbocycles. The summed E-state index contributed by atoms with van der Waals surface area (Å²) in [5.74, 6) is 0. The van der Waals surface area contributed by atoms with E-state index in [0.29, 0.717) is 0 Å². The first-order valence-corrected chi connectivity index (χ1v) is 4.25. The van der Waals surface area contributed by atoms with E-state index in [1.807, 2.05) is 0 Å². The molecule has 10 heteroatoms. The van der Waals surface area contributed by atoms with Gasteiger partial charge < -0.3 is 4.84 Å². The van der Waals surface area contributed by atoms with E-state index in [1.165, 1.54) is 0 Å². The smallest absolute Gasteiger partial charge is 0.294 e. The van der Waals surface area contributed by atoms with Crippen LogP contribution in [0.5, 0.6) is 0 Å². The highest BCUT2D eigenvalue weighted by Gasteiger charge is 2.51. The number of halogens is 3. The fourth-order valence-electron chi connectivity index (χ4n) is 0.552. The molecule has 0 aromatic carbocycles. The Labute approximate surface area is 97.3 Å². The van der Waals surface area contributed by atoms with Crippen LogP contribution in [0.3, 0.4) is 0 Å². The lowest BCUT2D eigenvalue weighted by Crippen LogP contribution is -2.44. The summed E-state index contributed by atoms with van der Waals surface area (Å²) in [6, 6.07) is 0. The SMILES string of the molecule is O=C(Cl)C(CO[N+](=O)[O-])(C(=O)Cl)C(=O)Cl. The summed E-state index contributed by atoms with van der Waals surface area (Å²) >= 11 is 14.8. The maximum absolute atomic E-state index is 10.8. The molecule has 0 rings (SSSR count). The lowest BCUT2D eigenvalue weighted by Gasteiger charge is -2.19. The third-order valence-corrected chi connectivity index (χ3v) is 2.36. The Morgan fingerprint density at radius 3 is 1.67 bits per heavy atom. The molecule has 0 fully saturated rings. The van der Waals surface area contributed by atoms with Gasteiger partial charge in [-0.15, -0.1) is 10.1 Å². The molecule has 0 aliphatic carbocycles. The second kappa shape index (κ2) is 5.24. The molecule has 0 radical (unpaired) electrons. The zero-order valence-electron chi connectivity index (χ0n) is 6.74. The number of rotatable bonds is 6. The fraction of sp³-hybridized carbons (Fsp3) is 0.400. The molecule has 7 nitrogen and oxygen atoms in total. The van der Waals surface area contributed by atoms with Crippen LogP contribution < -0.4 is 0 Å². The minimum atomic E-state index is -2.75. The molecule has 0 heterocycles. The molecule has 0 unspecified atom stereocenters. The summed E-state index contributed by atoms with van der Waals surface area (Å²) in [5, 5.41) is 3.85. The van der Waals surface area contributed by atoms with E-state index in [4.69, 9.17) is 34.8 Å². The Morgan fingerprint density at radius 1 is 1.13 bits per heavy atom. The van der Waals surface area contributed by atoms with Crippen LogP contribution in [-0.4, -0.2) is 27.4 Å². The predicted octanol–water partition coefficient (Wildman–Crippen LogP) is 0.477. The van der Waals surface area contributed by atoms with Crippen LogP contribution in [0.4, 0.5) is 0 Å². The molecule has 0 atom stereocenters. The zero-order valence-corrected chi connectivity index (χ0v) is 9.01. The van der Waals surface area contributed by atoms with Gasteiger partial charge in [0.25, 0.3) is 5.09 Å². The highest BCUT2D eigenvalue weighted by atomic mass is 35.5. The van der Waals surface area contributed by atoms with Crippen molar-refractivity contribution in [2.45, 2.75) is 0 Å². The zero-order chi connectivity index (χ0) is 12.2. The van der Waals surface area contributed by atoms with Crippen molar-refractivity contribution in [2.75, 3.05) is 6.61 Å². The van der Waals surface area contributed by atoms with E-state index in [2.05, 4.69) is 4.84 Å². The number of carbonyl (C=O) groups is 3. The Bertz CT molecular complexity index is 293. The number of carbonyl (C=O) groups excluding carboxylic acids is 3.